The molecule has 0 saturated carbocycles. The van der Waals surface area contributed by atoms with Gasteiger partial charge in [-0.15, -0.1) is 11.3 Å². The van der Waals surface area contributed by atoms with Gasteiger partial charge < -0.3 is 9.47 Å². The van der Waals surface area contributed by atoms with E-state index in [1.165, 1.54) is 0 Å². The van der Waals surface area contributed by atoms with Crippen LogP contribution in [0.25, 0.3) is 11.3 Å². The number of fused-ring (bicyclic) bond motifs is 1. The van der Waals surface area contributed by atoms with Crippen molar-refractivity contribution in [1.82, 2.24) is 9.97 Å². The van der Waals surface area contributed by atoms with E-state index in [2.05, 4.69) is 15.3 Å². The van der Waals surface area contributed by atoms with E-state index in [1.54, 1.807) is 11.3 Å². The molecule has 0 saturated heterocycles. The highest BCUT2D eigenvalue weighted by Gasteiger charge is 2.15. The molecule has 3 aromatic rings. The van der Waals surface area contributed by atoms with Crippen LogP contribution in [0.5, 0.6) is 11.5 Å². The number of thiazole rings is 1. The third-order valence-corrected chi connectivity index (χ3v) is 4.13. The maximum absolute atomic E-state index is 5.41. The SMILES string of the molecule is c1ccc(Cc2nc(-c3ccc4c(c3)OCO4)cs2)nc1. The fraction of sp³-hybridized carbons (Fsp3) is 0.125. The smallest absolute Gasteiger partial charge is 0.231 e. The zero-order valence-corrected chi connectivity index (χ0v) is 12.0. The third kappa shape index (κ3) is 2.48. The number of nitrogens with zero attached hydrogens (tertiary/aromatic N) is 2. The lowest BCUT2D eigenvalue weighted by molar-refractivity contribution is 0.174. The highest BCUT2D eigenvalue weighted by molar-refractivity contribution is 7.10. The molecule has 2 aromatic heterocycles. The average Bonchev–Trinajstić information content (AvgIpc) is 3.16. The Morgan fingerprint density at radius 2 is 2.05 bits per heavy atom. The van der Waals surface area contributed by atoms with Gasteiger partial charge in [0.15, 0.2) is 11.5 Å². The van der Waals surface area contributed by atoms with Crippen LogP contribution in [0.3, 0.4) is 0 Å². The average molecular weight is 296 g/mol. The summed E-state index contributed by atoms with van der Waals surface area (Å²) in [6.45, 7) is 0.292. The molecule has 104 valence electrons. The van der Waals surface area contributed by atoms with Gasteiger partial charge in [-0.25, -0.2) is 4.98 Å². The van der Waals surface area contributed by atoms with Crippen LogP contribution < -0.4 is 9.47 Å². The number of ether oxygens (including phenoxy) is 2. The van der Waals surface area contributed by atoms with Crippen LogP contribution in [0.4, 0.5) is 0 Å². The molecule has 4 nitrogen and oxygen atoms in total. The van der Waals surface area contributed by atoms with Gasteiger partial charge in [0.25, 0.3) is 0 Å². The number of hydrogen-bond acceptors (Lipinski definition) is 5. The molecule has 21 heavy (non-hydrogen) atoms. The molecule has 0 aliphatic carbocycles. The standard InChI is InChI=1S/C16H12N2O2S/c1-2-6-17-12(3-1)8-16-18-13(9-21-16)11-4-5-14-15(7-11)20-10-19-14/h1-7,9H,8,10H2. The molecule has 0 fully saturated rings. The Morgan fingerprint density at radius 1 is 1.10 bits per heavy atom. The first-order valence-corrected chi connectivity index (χ1v) is 7.51. The Balaban J connectivity index is 1.59. The highest BCUT2D eigenvalue weighted by atomic mass is 32.1. The Labute approximate surface area is 126 Å². The topological polar surface area (TPSA) is 44.2 Å². The largest absolute Gasteiger partial charge is 0.454 e. The number of aromatic nitrogens is 2. The van der Waals surface area contributed by atoms with E-state index in [0.29, 0.717) is 6.79 Å². The number of rotatable bonds is 3. The summed E-state index contributed by atoms with van der Waals surface area (Å²) in [6, 6.07) is 11.8. The molecule has 0 radical (unpaired) electrons. The molecule has 1 aliphatic heterocycles. The summed E-state index contributed by atoms with van der Waals surface area (Å²) in [5.41, 5.74) is 3.04. The van der Waals surface area contributed by atoms with E-state index in [-0.39, 0.29) is 0 Å². The minimum Gasteiger partial charge on any atom is -0.454 e. The Kier molecular flexibility index (Phi) is 3.05. The number of hydrogen-bond donors (Lipinski definition) is 0. The molecule has 1 aromatic carbocycles. The molecule has 5 heteroatoms. The molecular weight excluding hydrogens is 284 g/mol. The summed E-state index contributed by atoms with van der Waals surface area (Å²) in [5.74, 6) is 1.58. The van der Waals surface area contributed by atoms with Crippen LogP contribution in [-0.2, 0) is 6.42 Å². The molecule has 0 atom stereocenters. The van der Waals surface area contributed by atoms with Crippen molar-refractivity contribution in [2.24, 2.45) is 0 Å². The van der Waals surface area contributed by atoms with Crippen molar-refractivity contribution in [2.45, 2.75) is 6.42 Å². The van der Waals surface area contributed by atoms with Gasteiger partial charge in [0.05, 0.1) is 10.7 Å². The first-order valence-electron chi connectivity index (χ1n) is 6.63. The van der Waals surface area contributed by atoms with Crippen LogP contribution in [-0.4, -0.2) is 16.8 Å². The van der Waals surface area contributed by atoms with Gasteiger partial charge in [0.2, 0.25) is 6.79 Å². The van der Waals surface area contributed by atoms with Crippen LogP contribution >= 0.6 is 11.3 Å². The van der Waals surface area contributed by atoms with Crippen LogP contribution in [0, 0.1) is 0 Å². The molecule has 0 unspecified atom stereocenters. The highest BCUT2D eigenvalue weighted by Crippen LogP contribution is 2.36. The van der Waals surface area contributed by atoms with Crippen LogP contribution in [0.15, 0.2) is 48.0 Å². The van der Waals surface area contributed by atoms with Crippen molar-refractivity contribution in [3.05, 3.63) is 58.7 Å². The van der Waals surface area contributed by atoms with Gasteiger partial charge in [-0.1, -0.05) is 6.07 Å². The third-order valence-electron chi connectivity index (χ3n) is 3.28. The predicted octanol–water partition coefficient (Wildman–Crippen LogP) is 3.52. The normalized spacial score (nSPS) is 12.6. The Morgan fingerprint density at radius 3 is 2.95 bits per heavy atom. The number of benzene rings is 1. The molecule has 4 rings (SSSR count). The molecule has 0 bridgehead atoms. The fourth-order valence-corrected chi connectivity index (χ4v) is 3.06. The Hall–Kier alpha value is -2.40. The van der Waals surface area contributed by atoms with Crippen molar-refractivity contribution in [3.63, 3.8) is 0 Å². The van der Waals surface area contributed by atoms with E-state index < -0.39 is 0 Å². The molecule has 3 heterocycles. The zero-order valence-electron chi connectivity index (χ0n) is 11.2. The molecule has 0 spiro atoms. The molecular formula is C16H12N2O2S. The second kappa shape index (κ2) is 5.18. The van der Waals surface area contributed by atoms with Crippen molar-refractivity contribution in [1.29, 1.82) is 0 Å². The van der Waals surface area contributed by atoms with Gasteiger partial charge in [0.1, 0.15) is 0 Å². The number of pyridine rings is 1. The van der Waals surface area contributed by atoms with Gasteiger partial charge >= 0.3 is 0 Å². The van der Waals surface area contributed by atoms with Gasteiger partial charge in [-0.2, -0.15) is 0 Å². The molecule has 0 amide bonds. The molecule has 0 N–H and O–H groups in total. The minimum absolute atomic E-state index is 0.292. The second-order valence-corrected chi connectivity index (χ2v) is 5.64. The first-order chi connectivity index (χ1) is 10.4. The van der Waals surface area contributed by atoms with E-state index >= 15 is 0 Å². The van der Waals surface area contributed by atoms with Crippen LogP contribution in [0.1, 0.15) is 10.7 Å². The summed E-state index contributed by atoms with van der Waals surface area (Å²) in [6.07, 6.45) is 2.57. The lowest BCUT2D eigenvalue weighted by Crippen LogP contribution is -1.92. The minimum atomic E-state index is 0.292. The summed E-state index contributed by atoms with van der Waals surface area (Å²) >= 11 is 1.65. The van der Waals surface area contributed by atoms with Gasteiger partial charge in [0, 0.05) is 29.3 Å². The fourth-order valence-electron chi connectivity index (χ4n) is 2.24. The van der Waals surface area contributed by atoms with Crippen molar-refractivity contribution in [3.8, 4) is 22.8 Å². The Bertz CT molecular complexity index is 771. The zero-order chi connectivity index (χ0) is 14.1. The molecule has 1 aliphatic rings. The van der Waals surface area contributed by atoms with E-state index in [0.717, 1.165) is 39.9 Å². The van der Waals surface area contributed by atoms with Crippen molar-refractivity contribution in [2.75, 3.05) is 6.79 Å². The van der Waals surface area contributed by atoms with Gasteiger partial charge in [-0.3, -0.25) is 4.98 Å². The van der Waals surface area contributed by atoms with Crippen LogP contribution in [0.2, 0.25) is 0 Å². The lowest BCUT2D eigenvalue weighted by atomic mass is 10.1. The summed E-state index contributed by atoms with van der Waals surface area (Å²) < 4.78 is 10.7. The summed E-state index contributed by atoms with van der Waals surface area (Å²) in [4.78, 5) is 9.02. The van der Waals surface area contributed by atoms with E-state index in [4.69, 9.17) is 9.47 Å². The van der Waals surface area contributed by atoms with E-state index in [9.17, 15) is 0 Å². The summed E-state index contributed by atoms with van der Waals surface area (Å²) in [5, 5.41) is 3.12. The maximum Gasteiger partial charge on any atom is 0.231 e. The lowest BCUT2D eigenvalue weighted by Gasteiger charge is -1.99. The van der Waals surface area contributed by atoms with Crippen molar-refractivity contribution < 1.29 is 9.47 Å². The van der Waals surface area contributed by atoms with Crippen molar-refractivity contribution >= 4 is 11.3 Å². The monoisotopic (exact) mass is 296 g/mol. The quantitative estimate of drug-likeness (QED) is 0.741. The van der Waals surface area contributed by atoms with E-state index in [1.807, 2.05) is 42.6 Å². The maximum atomic E-state index is 5.41. The first kappa shape index (κ1) is 12.3. The second-order valence-electron chi connectivity index (χ2n) is 4.69. The summed E-state index contributed by atoms with van der Waals surface area (Å²) in [7, 11) is 0. The van der Waals surface area contributed by atoms with Gasteiger partial charge in [-0.05, 0) is 30.3 Å². The predicted molar refractivity (Wildman–Crippen MR) is 80.7 cm³/mol.